The van der Waals surface area contributed by atoms with Crippen LogP contribution in [0.15, 0.2) is 34.9 Å². The van der Waals surface area contributed by atoms with Crippen LogP contribution in [0.2, 0.25) is 0 Å². The number of nitrogens with one attached hydrogen (secondary N) is 1. The number of nitrogens with zero attached hydrogens (tertiary/aromatic N) is 3. The van der Waals surface area contributed by atoms with Gasteiger partial charge in [-0.2, -0.15) is 0 Å². The molecule has 150 valence electrons. The van der Waals surface area contributed by atoms with E-state index in [4.69, 9.17) is 10.3 Å². The van der Waals surface area contributed by atoms with Crippen LogP contribution in [-0.4, -0.2) is 52.6 Å². The fourth-order valence-corrected chi connectivity index (χ4v) is 4.20. The predicted octanol–water partition coefficient (Wildman–Crippen LogP) is 1.66. The van der Waals surface area contributed by atoms with Crippen LogP contribution in [0.25, 0.3) is 21.8 Å². The van der Waals surface area contributed by atoms with Gasteiger partial charge in [-0.1, -0.05) is 34.7 Å². The maximum atomic E-state index is 12.3. The van der Waals surface area contributed by atoms with Crippen molar-refractivity contribution in [2.75, 3.05) is 26.0 Å². The van der Waals surface area contributed by atoms with Gasteiger partial charge in [0.05, 0.1) is 0 Å². The molecule has 1 fully saturated rings. The highest BCUT2D eigenvalue weighted by Gasteiger charge is 2.48. The van der Waals surface area contributed by atoms with Gasteiger partial charge in [-0.3, -0.25) is 9.59 Å². The van der Waals surface area contributed by atoms with Gasteiger partial charge in [-0.15, -0.1) is 0 Å². The third kappa shape index (κ3) is 3.15. The molecule has 1 saturated heterocycles. The smallest absolute Gasteiger partial charge is 0.270 e. The Morgan fingerprint density at radius 3 is 2.76 bits per heavy atom. The molecule has 3 aromatic rings. The van der Waals surface area contributed by atoms with Gasteiger partial charge in [0.25, 0.3) is 11.8 Å². The minimum atomic E-state index is -1.69. The highest BCUT2D eigenvalue weighted by atomic mass is 32.1. The van der Waals surface area contributed by atoms with Crippen LogP contribution >= 0.6 is 11.3 Å². The van der Waals surface area contributed by atoms with E-state index >= 15 is 0 Å². The van der Waals surface area contributed by atoms with Crippen LogP contribution in [0.5, 0.6) is 0 Å². The number of primary amides is 1. The Bertz CT molecular complexity index is 1110. The van der Waals surface area contributed by atoms with E-state index < -0.39 is 17.4 Å². The van der Waals surface area contributed by atoms with Crippen LogP contribution in [0.3, 0.4) is 0 Å². The molecule has 1 aliphatic heterocycles. The molecule has 4 N–H and O–H groups in total. The summed E-state index contributed by atoms with van der Waals surface area (Å²) in [5.41, 5.74) is 5.87. The van der Waals surface area contributed by atoms with E-state index in [9.17, 15) is 14.7 Å². The van der Waals surface area contributed by atoms with Crippen molar-refractivity contribution in [2.45, 2.75) is 12.0 Å². The van der Waals surface area contributed by atoms with Gasteiger partial charge in [0, 0.05) is 44.3 Å². The minimum Gasteiger partial charge on any atom is -0.378 e. The molecule has 2 amide bonds. The third-order valence-electron chi connectivity index (χ3n) is 4.92. The van der Waals surface area contributed by atoms with Gasteiger partial charge in [-0.05, 0) is 6.07 Å². The fraction of sp³-hybridized carbons (Fsp3) is 0.263. The summed E-state index contributed by atoms with van der Waals surface area (Å²) in [6, 6.07) is 8.94. The van der Waals surface area contributed by atoms with Crippen molar-refractivity contribution in [2.24, 2.45) is 5.73 Å². The van der Waals surface area contributed by atoms with E-state index in [1.54, 1.807) is 20.2 Å². The summed E-state index contributed by atoms with van der Waals surface area (Å²) in [5.74, 6) is -0.890. The maximum absolute atomic E-state index is 12.3. The number of amides is 2. The van der Waals surface area contributed by atoms with E-state index in [2.05, 4.69) is 15.5 Å². The maximum Gasteiger partial charge on any atom is 0.270 e. The first-order chi connectivity index (χ1) is 13.8. The van der Waals surface area contributed by atoms with Gasteiger partial charge in [-0.25, -0.2) is 4.98 Å². The third-order valence-corrected chi connectivity index (χ3v) is 6.04. The number of benzene rings is 1. The summed E-state index contributed by atoms with van der Waals surface area (Å²) >= 11 is 1.31. The largest absolute Gasteiger partial charge is 0.378 e. The number of nitrogens with two attached hydrogens (primary N) is 1. The minimum absolute atomic E-state index is 0.120. The second-order valence-electron chi connectivity index (χ2n) is 6.81. The van der Waals surface area contributed by atoms with Crippen molar-refractivity contribution in [3.8, 4) is 21.8 Å². The second kappa shape index (κ2) is 6.98. The molecular weight excluding hydrogens is 394 g/mol. The van der Waals surface area contributed by atoms with Gasteiger partial charge in [0.15, 0.2) is 11.5 Å². The normalized spacial score (nSPS) is 19.0. The zero-order valence-corrected chi connectivity index (χ0v) is 16.6. The Morgan fingerprint density at radius 2 is 2.14 bits per heavy atom. The van der Waals surface area contributed by atoms with Gasteiger partial charge >= 0.3 is 0 Å². The van der Waals surface area contributed by atoms with E-state index in [0.29, 0.717) is 22.2 Å². The fourth-order valence-electron chi connectivity index (χ4n) is 3.28. The molecule has 1 aromatic carbocycles. The summed E-state index contributed by atoms with van der Waals surface area (Å²) in [5, 5.41) is 18.9. The first kappa shape index (κ1) is 19.1. The zero-order valence-electron chi connectivity index (χ0n) is 15.8. The van der Waals surface area contributed by atoms with Crippen LogP contribution in [0.1, 0.15) is 22.7 Å². The molecule has 0 spiro atoms. The average molecular weight is 413 g/mol. The molecule has 0 bridgehead atoms. The standard InChI is InChI=1S/C19H19N5O4S/c1-21-17-14(15(20)25)22-16(29-17)11-5-3-4-10(8-11)12-9-13(28-23-12)19(27)6-7-24(2)18(19)26/h3-5,8-9,21,27H,6-7H2,1-2H3,(H2,20,25). The summed E-state index contributed by atoms with van der Waals surface area (Å²) in [6.45, 7) is 0.445. The molecule has 4 rings (SSSR count). The summed E-state index contributed by atoms with van der Waals surface area (Å²) in [6.07, 6.45) is 0.249. The Kier molecular flexibility index (Phi) is 4.59. The highest BCUT2D eigenvalue weighted by molar-refractivity contribution is 7.19. The zero-order chi connectivity index (χ0) is 20.8. The second-order valence-corrected chi connectivity index (χ2v) is 7.80. The number of likely N-dealkylation sites (N-methyl/N-ethyl adjacent to an activating group) is 1. The Balaban J connectivity index is 1.68. The molecule has 29 heavy (non-hydrogen) atoms. The van der Waals surface area contributed by atoms with Gasteiger partial charge in [0.1, 0.15) is 15.7 Å². The van der Waals surface area contributed by atoms with E-state index in [1.807, 2.05) is 24.3 Å². The summed E-state index contributed by atoms with van der Waals surface area (Å²) in [4.78, 5) is 29.6. The number of hydrogen-bond donors (Lipinski definition) is 3. The molecule has 0 saturated carbocycles. The number of thiazole rings is 1. The van der Waals surface area contributed by atoms with Crippen LogP contribution in [0.4, 0.5) is 5.00 Å². The van der Waals surface area contributed by atoms with Crippen LogP contribution in [0, 0.1) is 0 Å². The van der Waals surface area contributed by atoms with Crippen molar-refractivity contribution in [3.05, 3.63) is 41.8 Å². The summed E-state index contributed by atoms with van der Waals surface area (Å²) in [7, 11) is 3.33. The molecule has 1 aliphatic rings. The molecule has 0 aliphatic carbocycles. The van der Waals surface area contributed by atoms with E-state index in [1.165, 1.54) is 16.2 Å². The van der Waals surface area contributed by atoms with E-state index in [-0.39, 0.29) is 17.9 Å². The molecule has 1 atom stereocenters. The van der Waals surface area contributed by atoms with Crippen molar-refractivity contribution in [1.82, 2.24) is 15.0 Å². The van der Waals surface area contributed by atoms with Crippen LogP contribution in [-0.2, 0) is 10.4 Å². The Hall–Kier alpha value is -3.24. The average Bonchev–Trinajstić information content (AvgIpc) is 3.43. The molecule has 2 aromatic heterocycles. The first-order valence-electron chi connectivity index (χ1n) is 8.88. The van der Waals surface area contributed by atoms with Crippen molar-refractivity contribution >= 4 is 28.2 Å². The monoisotopic (exact) mass is 413 g/mol. The molecule has 9 nitrogen and oxygen atoms in total. The molecule has 3 heterocycles. The molecule has 10 heteroatoms. The van der Waals surface area contributed by atoms with Crippen molar-refractivity contribution < 1.29 is 19.2 Å². The quantitative estimate of drug-likeness (QED) is 0.579. The number of aromatic nitrogens is 2. The lowest BCUT2D eigenvalue weighted by Gasteiger charge is -2.16. The number of carbonyl (C=O) groups excluding carboxylic acids is 2. The Labute approximate surface area is 170 Å². The van der Waals surface area contributed by atoms with Crippen molar-refractivity contribution in [1.29, 1.82) is 0 Å². The topological polar surface area (TPSA) is 135 Å². The number of rotatable bonds is 5. The SMILES string of the molecule is CNc1sc(-c2cccc(-c3cc(C4(O)CCN(C)C4=O)on3)c2)nc1C(N)=O. The molecule has 0 radical (unpaired) electrons. The molecular formula is C19H19N5O4S. The van der Waals surface area contributed by atoms with Crippen molar-refractivity contribution in [3.63, 3.8) is 0 Å². The number of hydrogen-bond acceptors (Lipinski definition) is 8. The first-order valence-corrected chi connectivity index (χ1v) is 9.69. The van der Waals surface area contributed by atoms with Gasteiger partial charge in [0.2, 0.25) is 5.60 Å². The number of likely N-dealkylation sites (tertiary alicyclic amines) is 1. The molecule has 1 unspecified atom stereocenters. The Morgan fingerprint density at radius 1 is 1.38 bits per heavy atom. The predicted molar refractivity (Wildman–Crippen MR) is 107 cm³/mol. The highest BCUT2D eigenvalue weighted by Crippen LogP contribution is 2.36. The summed E-state index contributed by atoms with van der Waals surface area (Å²) < 4.78 is 5.31. The number of carbonyl (C=O) groups is 2. The van der Waals surface area contributed by atoms with Crippen LogP contribution < -0.4 is 11.1 Å². The number of aliphatic hydroxyl groups is 1. The van der Waals surface area contributed by atoms with Gasteiger partial charge < -0.3 is 25.6 Å². The van der Waals surface area contributed by atoms with E-state index in [0.717, 1.165) is 11.1 Å². The lowest BCUT2D eigenvalue weighted by Crippen LogP contribution is -2.35. The lowest BCUT2D eigenvalue weighted by atomic mass is 9.98. The lowest BCUT2D eigenvalue weighted by molar-refractivity contribution is -0.144. The number of anilines is 1.